The zero-order valence-corrected chi connectivity index (χ0v) is 20.6. The molecule has 8 heteroatoms. The highest BCUT2D eigenvalue weighted by atomic mass is 16.5. The molecule has 1 atom stereocenters. The van der Waals surface area contributed by atoms with Gasteiger partial charge < -0.3 is 14.5 Å². The standard InChI is InChI=1S/C25H38N4O4/c1-6-8-9-10-11-12-13-21(30)29-15-14-28(17-18(29)3)24(31)23-22(25(32)33-16-7-2)19(4)26-20(5)27-23/h7,18H,2,6,8-17H2,1,3-5H3. The quantitative estimate of drug-likeness (QED) is 0.284. The van der Waals surface area contributed by atoms with Crippen molar-refractivity contribution in [3.8, 4) is 0 Å². The van der Waals surface area contributed by atoms with Crippen molar-refractivity contribution in [3.63, 3.8) is 0 Å². The SMILES string of the molecule is C=CCOC(=O)c1c(C)nc(C)nc1C(=O)N1CCN(C(=O)CCCCCCCC)C(C)C1. The Balaban J connectivity index is 2.02. The maximum atomic E-state index is 13.3. The molecule has 2 amide bonds. The van der Waals surface area contributed by atoms with Gasteiger partial charge in [-0.3, -0.25) is 9.59 Å². The zero-order chi connectivity index (χ0) is 24.4. The van der Waals surface area contributed by atoms with Gasteiger partial charge in [-0.15, -0.1) is 0 Å². The van der Waals surface area contributed by atoms with Crippen LogP contribution in [0.25, 0.3) is 0 Å². The summed E-state index contributed by atoms with van der Waals surface area (Å²) in [7, 11) is 0. The summed E-state index contributed by atoms with van der Waals surface area (Å²) in [5.41, 5.74) is 0.538. The molecule has 1 aromatic heterocycles. The molecule has 1 aliphatic heterocycles. The van der Waals surface area contributed by atoms with E-state index in [-0.39, 0.29) is 35.7 Å². The lowest BCUT2D eigenvalue weighted by atomic mass is 10.1. The number of amides is 2. The van der Waals surface area contributed by atoms with Crippen LogP contribution in [0.5, 0.6) is 0 Å². The van der Waals surface area contributed by atoms with Crippen molar-refractivity contribution in [2.45, 2.75) is 78.7 Å². The fraction of sp³-hybridized carbons (Fsp3) is 0.640. The lowest BCUT2D eigenvalue weighted by Gasteiger charge is -2.40. The van der Waals surface area contributed by atoms with E-state index in [0.717, 1.165) is 12.8 Å². The van der Waals surface area contributed by atoms with Gasteiger partial charge in [-0.05, 0) is 27.2 Å². The average Bonchev–Trinajstić information content (AvgIpc) is 2.78. The minimum Gasteiger partial charge on any atom is -0.458 e. The predicted molar refractivity (Wildman–Crippen MR) is 127 cm³/mol. The Hall–Kier alpha value is -2.77. The molecule has 1 fully saturated rings. The average molecular weight is 459 g/mol. The van der Waals surface area contributed by atoms with Crippen LogP contribution in [-0.4, -0.2) is 69.8 Å². The number of aryl methyl sites for hydroxylation is 2. The van der Waals surface area contributed by atoms with Crippen molar-refractivity contribution in [2.24, 2.45) is 0 Å². The maximum Gasteiger partial charge on any atom is 0.342 e. The largest absolute Gasteiger partial charge is 0.458 e. The van der Waals surface area contributed by atoms with Gasteiger partial charge in [0, 0.05) is 32.1 Å². The Morgan fingerprint density at radius 2 is 1.79 bits per heavy atom. The van der Waals surface area contributed by atoms with E-state index in [4.69, 9.17) is 4.74 Å². The Kier molecular flexibility index (Phi) is 10.5. The molecule has 0 spiro atoms. The van der Waals surface area contributed by atoms with Crippen LogP contribution in [0.4, 0.5) is 0 Å². The van der Waals surface area contributed by atoms with Crippen molar-refractivity contribution in [2.75, 3.05) is 26.2 Å². The second-order valence-electron chi connectivity index (χ2n) is 8.67. The number of esters is 1. The van der Waals surface area contributed by atoms with Crippen molar-refractivity contribution in [1.29, 1.82) is 0 Å². The summed E-state index contributed by atoms with van der Waals surface area (Å²) in [6, 6.07) is -0.101. The lowest BCUT2D eigenvalue weighted by molar-refractivity contribution is -0.135. The maximum absolute atomic E-state index is 13.3. The van der Waals surface area contributed by atoms with Crippen LogP contribution in [0.15, 0.2) is 12.7 Å². The summed E-state index contributed by atoms with van der Waals surface area (Å²) in [5.74, 6) is -0.426. The summed E-state index contributed by atoms with van der Waals surface area (Å²) < 4.78 is 5.15. The minimum absolute atomic E-state index is 0.0379. The number of carbonyl (C=O) groups is 3. The number of rotatable bonds is 11. The highest BCUT2D eigenvalue weighted by molar-refractivity contribution is 6.04. The number of ether oxygens (including phenoxy) is 1. The molecule has 0 aliphatic carbocycles. The monoisotopic (exact) mass is 458 g/mol. The highest BCUT2D eigenvalue weighted by Crippen LogP contribution is 2.19. The number of carbonyl (C=O) groups excluding carboxylic acids is 3. The summed E-state index contributed by atoms with van der Waals surface area (Å²) in [5, 5.41) is 0. The third kappa shape index (κ3) is 7.37. The van der Waals surface area contributed by atoms with Gasteiger partial charge in [-0.1, -0.05) is 51.7 Å². The van der Waals surface area contributed by atoms with Crippen molar-refractivity contribution < 1.29 is 19.1 Å². The Bertz CT molecular complexity index is 855. The van der Waals surface area contributed by atoms with Gasteiger partial charge in [0.1, 0.15) is 23.7 Å². The first-order chi connectivity index (χ1) is 15.8. The summed E-state index contributed by atoms with van der Waals surface area (Å²) in [6.45, 7) is 12.3. The Morgan fingerprint density at radius 1 is 1.09 bits per heavy atom. The molecule has 1 unspecified atom stereocenters. The minimum atomic E-state index is -0.642. The molecule has 2 heterocycles. The van der Waals surface area contributed by atoms with E-state index in [2.05, 4.69) is 23.5 Å². The lowest BCUT2D eigenvalue weighted by Crippen LogP contribution is -2.55. The third-order valence-corrected chi connectivity index (χ3v) is 5.92. The van der Waals surface area contributed by atoms with E-state index in [0.29, 0.717) is 37.6 Å². The Morgan fingerprint density at radius 3 is 2.45 bits per heavy atom. The van der Waals surface area contributed by atoms with Gasteiger partial charge in [-0.25, -0.2) is 14.8 Å². The van der Waals surface area contributed by atoms with E-state index in [9.17, 15) is 14.4 Å². The van der Waals surface area contributed by atoms with Crippen LogP contribution in [0.2, 0.25) is 0 Å². The van der Waals surface area contributed by atoms with Crippen LogP contribution in [-0.2, 0) is 9.53 Å². The molecule has 1 aliphatic rings. The molecule has 33 heavy (non-hydrogen) atoms. The molecule has 0 bridgehead atoms. The van der Waals surface area contributed by atoms with Gasteiger partial charge in [0.2, 0.25) is 5.91 Å². The van der Waals surface area contributed by atoms with Gasteiger partial charge in [0.15, 0.2) is 0 Å². The summed E-state index contributed by atoms with van der Waals surface area (Å²) in [4.78, 5) is 50.6. The van der Waals surface area contributed by atoms with Gasteiger partial charge in [0.05, 0.1) is 5.69 Å². The normalized spacial score (nSPS) is 15.9. The molecule has 1 aromatic rings. The molecule has 8 nitrogen and oxygen atoms in total. The van der Waals surface area contributed by atoms with Crippen LogP contribution in [0.3, 0.4) is 0 Å². The van der Waals surface area contributed by atoms with E-state index >= 15 is 0 Å². The van der Waals surface area contributed by atoms with E-state index in [1.54, 1.807) is 18.7 Å². The number of unbranched alkanes of at least 4 members (excludes halogenated alkanes) is 5. The molecular formula is C25H38N4O4. The number of aromatic nitrogens is 2. The van der Waals surface area contributed by atoms with Gasteiger partial charge in [-0.2, -0.15) is 0 Å². The first-order valence-electron chi connectivity index (χ1n) is 12.0. The molecule has 0 saturated carbocycles. The van der Waals surface area contributed by atoms with Crippen LogP contribution in [0, 0.1) is 13.8 Å². The van der Waals surface area contributed by atoms with Crippen molar-refractivity contribution >= 4 is 17.8 Å². The molecule has 182 valence electrons. The van der Waals surface area contributed by atoms with Crippen LogP contribution < -0.4 is 0 Å². The smallest absolute Gasteiger partial charge is 0.342 e. The topological polar surface area (TPSA) is 92.7 Å². The van der Waals surface area contributed by atoms with E-state index < -0.39 is 5.97 Å². The Labute approximate surface area is 197 Å². The second kappa shape index (κ2) is 13.1. The van der Waals surface area contributed by atoms with Crippen molar-refractivity contribution in [3.05, 3.63) is 35.4 Å². The fourth-order valence-electron chi connectivity index (χ4n) is 4.18. The van der Waals surface area contributed by atoms with E-state index in [1.807, 2.05) is 11.8 Å². The molecule has 0 radical (unpaired) electrons. The third-order valence-electron chi connectivity index (χ3n) is 5.92. The van der Waals surface area contributed by atoms with Gasteiger partial charge >= 0.3 is 5.97 Å². The molecule has 2 rings (SSSR count). The van der Waals surface area contributed by atoms with Crippen molar-refractivity contribution in [1.82, 2.24) is 19.8 Å². The van der Waals surface area contributed by atoms with E-state index in [1.165, 1.54) is 31.8 Å². The number of nitrogens with zero attached hydrogens (tertiary/aromatic N) is 4. The number of piperazine rings is 1. The van der Waals surface area contributed by atoms with Crippen LogP contribution >= 0.6 is 0 Å². The van der Waals surface area contributed by atoms with Crippen LogP contribution in [0.1, 0.15) is 91.2 Å². The highest BCUT2D eigenvalue weighted by Gasteiger charge is 2.33. The summed E-state index contributed by atoms with van der Waals surface area (Å²) in [6.07, 6.45) is 8.87. The molecule has 0 aromatic carbocycles. The molecule has 0 N–H and O–H groups in total. The fourth-order valence-corrected chi connectivity index (χ4v) is 4.18. The zero-order valence-electron chi connectivity index (χ0n) is 20.6. The second-order valence-corrected chi connectivity index (χ2v) is 8.67. The predicted octanol–water partition coefficient (Wildman–Crippen LogP) is 3.86. The summed E-state index contributed by atoms with van der Waals surface area (Å²) >= 11 is 0. The first-order valence-corrected chi connectivity index (χ1v) is 12.0. The molecule has 1 saturated heterocycles. The first kappa shape index (κ1) is 26.5. The number of hydrogen-bond donors (Lipinski definition) is 0. The number of hydrogen-bond acceptors (Lipinski definition) is 6. The molecular weight excluding hydrogens is 420 g/mol. The van der Waals surface area contributed by atoms with Gasteiger partial charge in [0.25, 0.3) is 5.91 Å².